The van der Waals surface area contributed by atoms with Gasteiger partial charge in [0.15, 0.2) is 5.76 Å². The van der Waals surface area contributed by atoms with E-state index < -0.39 is 11.9 Å². The normalized spacial score (nSPS) is 16.3. The molecule has 1 aromatic rings. The molecule has 1 fully saturated rings. The minimum Gasteiger partial charge on any atom is -0.478 e. The smallest absolute Gasteiger partial charge is 0.338 e. The third-order valence-electron chi connectivity index (χ3n) is 2.92. The van der Waals surface area contributed by atoms with Crippen LogP contribution in [0.1, 0.15) is 33.8 Å². The first-order valence-electron chi connectivity index (χ1n) is 5.73. The zero-order valence-corrected chi connectivity index (χ0v) is 10.0. The van der Waals surface area contributed by atoms with E-state index in [4.69, 9.17) is 14.3 Å². The lowest BCUT2D eigenvalue weighted by molar-refractivity contribution is 0.0695. The van der Waals surface area contributed by atoms with Gasteiger partial charge >= 0.3 is 5.97 Å². The van der Waals surface area contributed by atoms with Crippen LogP contribution in [-0.2, 0) is 4.74 Å². The lowest BCUT2D eigenvalue weighted by Gasteiger charge is -2.16. The molecule has 98 valence electrons. The molecule has 1 heterocycles. The number of hydrogen-bond donors (Lipinski definition) is 2. The molecule has 1 aliphatic rings. The summed E-state index contributed by atoms with van der Waals surface area (Å²) in [6.07, 6.45) is 3.21. The molecule has 2 rings (SSSR count). The van der Waals surface area contributed by atoms with Gasteiger partial charge in [0.1, 0.15) is 6.26 Å². The molecule has 0 bridgehead atoms. The minimum absolute atomic E-state index is 0.00848. The average Bonchev–Trinajstić information content (AvgIpc) is 3.04. The van der Waals surface area contributed by atoms with Crippen LogP contribution in [0, 0.1) is 5.92 Å². The number of carboxylic acids is 1. The van der Waals surface area contributed by atoms with Crippen molar-refractivity contribution in [2.75, 3.05) is 13.7 Å². The second kappa shape index (κ2) is 5.22. The molecule has 18 heavy (non-hydrogen) atoms. The molecule has 1 amide bonds. The Morgan fingerprint density at radius 3 is 2.83 bits per heavy atom. The average molecular weight is 253 g/mol. The standard InChI is InChI=1S/C12H15NO5/c1-17-6-9(7-2-3-7)13-11(14)10-4-8(5-18-10)12(15)16/h4-5,7,9H,2-3,6H2,1H3,(H,13,14)(H,15,16). The summed E-state index contributed by atoms with van der Waals surface area (Å²) in [4.78, 5) is 22.5. The fourth-order valence-electron chi connectivity index (χ4n) is 1.78. The van der Waals surface area contributed by atoms with Crippen molar-refractivity contribution in [1.29, 1.82) is 0 Å². The highest BCUT2D eigenvalue weighted by Gasteiger charge is 2.33. The number of rotatable bonds is 6. The number of carboxylic acid groups (broad SMARTS) is 1. The van der Waals surface area contributed by atoms with Crippen molar-refractivity contribution < 1.29 is 23.8 Å². The van der Waals surface area contributed by atoms with Gasteiger partial charge in [0.2, 0.25) is 0 Å². The van der Waals surface area contributed by atoms with Crippen LogP contribution in [0.15, 0.2) is 16.7 Å². The van der Waals surface area contributed by atoms with Crippen molar-refractivity contribution in [2.24, 2.45) is 5.92 Å². The monoisotopic (exact) mass is 253 g/mol. The Bertz CT molecular complexity index is 449. The van der Waals surface area contributed by atoms with Crippen molar-refractivity contribution in [1.82, 2.24) is 5.32 Å². The number of carbonyl (C=O) groups excluding carboxylic acids is 1. The second-order valence-corrected chi connectivity index (χ2v) is 4.38. The fourth-order valence-corrected chi connectivity index (χ4v) is 1.78. The molecule has 1 atom stereocenters. The van der Waals surface area contributed by atoms with Crippen molar-refractivity contribution in [3.63, 3.8) is 0 Å². The third-order valence-corrected chi connectivity index (χ3v) is 2.92. The van der Waals surface area contributed by atoms with Crippen molar-refractivity contribution in [3.8, 4) is 0 Å². The molecule has 0 spiro atoms. The van der Waals surface area contributed by atoms with E-state index in [0.717, 1.165) is 19.1 Å². The van der Waals surface area contributed by atoms with Gasteiger partial charge in [-0.05, 0) is 18.8 Å². The summed E-state index contributed by atoms with van der Waals surface area (Å²) >= 11 is 0. The van der Waals surface area contributed by atoms with E-state index in [0.29, 0.717) is 12.5 Å². The van der Waals surface area contributed by atoms with E-state index in [-0.39, 0.29) is 17.4 Å². The number of carbonyl (C=O) groups is 2. The summed E-state index contributed by atoms with van der Waals surface area (Å²) < 4.78 is 9.98. The summed E-state index contributed by atoms with van der Waals surface area (Å²) in [7, 11) is 1.58. The summed E-state index contributed by atoms with van der Waals surface area (Å²) in [5.74, 6) is -1.07. The Morgan fingerprint density at radius 2 is 2.33 bits per heavy atom. The first-order valence-corrected chi connectivity index (χ1v) is 5.73. The highest BCUT2D eigenvalue weighted by Crippen LogP contribution is 2.32. The third kappa shape index (κ3) is 2.89. The van der Waals surface area contributed by atoms with E-state index in [2.05, 4.69) is 5.32 Å². The molecule has 0 aliphatic heterocycles. The highest BCUT2D eigenvalue weighted by atomic mass is 16.5. The van der Waals surface area contributed by atoms with Crippen molar-refractivity contribution in [2.45, 2.75) is 18.9 Å². The second-order valence-electron chi connectivity index (χ2n) is 4.38. The van der Waals surface area contributed by atoms with Gasteiger partial charge < -0.3 is 19.6 Å². The molecule has 0 aromatic carbocycles. The van der Waals surface area contributed by atoms with E-state index in [1.165, 1.54) is 6.07 Å². The molecule has 1 saturated carbocycles. The lowest BCUT2D eigenvalue weighted by Crippen LogP contribution is -2.39. The first-order chi connectivity index (χ1) is 8.61. The van der Waals surface area contributed by atoms with Gasteiger partial charge in [-0.1, -0.05) is 0 Å². The highest BCUT2D eigenvalue weighted by molar-refractivity contribution is 5.95. The molecular weight excluding hydrogens is 238 g/mol. The topological polar surface area (TPSA) is 88.8 Å². The number of nitrogens with one attached hydrogen (secondary N) is 1. The minimum atomic E-state index is -1.12. The Kier molecular flexibility index (Phi) is 3.66. The van der Waals surface area contributed by atoms with Crippen LogP contribution < -0.4 is 5.32 Å². The van der Waals surface area contributed by atoms with Crippen molar-refractivity contribution in [3.05, 3.63) is 23.7 Å². The lowest BCUT2D eigenvalue weighted by atomic mass is 10.2. The van der Waals surface area contributed by atoms with Crippen LogP contribution in [0.3, 0.4) is 0 Å². The maximum Gasteiger partial charge on any atom is 0.338 e. The maximum atomic E-state index is 11.8. The number of aromatic carboxylic acids is 1. The van der Waals surface area contributed by atoms with Gasteiger partial charge in [-0.2, -0.15) is 0 Å². The number of hydrogen-bond acceptors (Lipinski definition) is 4. The molecule has 0 radical (unpaired) electrons. The fraction of sp³-hybridized carbons (Fsp3) is 0.500. The molecular formula is C12H15NO5. The van der Waals surface area contributed by atoms with E-state index in [9.17, 15) is 9.59 Å². The zero-order valence-electron chi connectivity index (χ0n) is 10.0. The number of methoxy groups -OCH3 is 1. The van der Waals surface area contributed by atoms with Crippen LogP contribution in [0.2, 0.25) is 0 Å². The molecule has 6 heteroatoms. The number of furan rings is 1. The van der Waals surface area contributed by atoms with E-state index in [1.807, 2.05) is 0 Å². The molecule has 1 unspecified atom stereocenters. The summed E-state index contributed by atoms with van der Waals surface area (Å²) in [5.41, 5.74) is -0.0325. The Hall–Kier alpha value is -1.82. The molecule has 6 nitrogen and oxygen atoms in total. The maximum absolute atomic E-state index is 11.8. The Balaban J connectivity index is 1.98. The number of amides is 1. The summed E-state index contributed by atoms with van der Waals surface area (Å²) in [5, 5.41) is 11.5. The van der Waals surface area contributed by atoms with E-state index in [1.54, 1.807) is 7.11 Å². The van der Waals surface area contributed by atoms with Crippen LogP contribution in [-0.4, -0.2) is 36.7 Å². The van der Waals surface area contributed by atoms with Gasteiger partial charge in [0.05, 0.1) is 18.2 Å². The van der Waals surface area contributed by atoms with Crippen molar-refractivity contribution >= 4 is 11.9 Å². The molecule has 0 saturated heterocycles. The summed E-state index contributed by atoms with van der Waals surface area (Å²) in [6, 6.07) is 1.18. The SMILES string of the molecule is COCC(NC(=O)c1cc(C(=O)O)co1)C1CC1. The molecule has 2 N–H and O–H groups in total. The molecule has 1 aromatic heterocycles. The van der Waals surface area contributed by atoms with Gasteiger partial charge in [-0.15, -0.1) is 0 Å². The first kappa shape index (κ1) is 12.6. The van der Waals surface area contributed by atoms with Gasteiger partial charge in [0, 0.05) is 13.2 Å². The molecule has 1 aliphatic carbocycles. The predicted molar refractivity (Wildman–Crippen MR) is 61.5 cm³/mol. The van der Waals surface area contributed by atoms with Crippen LogP contribution in [0.4, 0.5) is 0 Å². The van der Waals surface area contributed by atoms with Crippen LogP contribution in [0.5, 0.6) is 0 Å². The van der Waals surface area contributed by atoms with Crippen LogP contribution >= 0.6 is 0 Å². The zero-order chi connectivity index (χ0) is 13.1. The van der Waals surface area contributed by atoms with Gasteiger partial charge in [-0.25, -0.2) is 4.79 Å². The van der Waals surface area contributed by atoms with Gasteiger partial charge in [0.25, 0.3) is 5.91 Å². The largest absolute Gasteiger partial charge is 0.478 e. The summed E-state index contributed by atoms with van der Waals surface area (Å²) in [6.45, 7) is 0.447. The quantitative estimate of drug-likeness (QED) is 0.793. The van der Waals surface area contributed by atoms with E-state index >= 15 is 0 Å². The van der Waals surface area contributed by atoms with Gasteiger partial charge in [-0.3, -0.25) is 4.79 Å². The Labute approximate surface area is 104 Å². The Morgan fingerprint density at radius 1 is 1.61 bits per heavy atom. The predicted octanol–water partition coefficient (Wildman–Crippen LogP) is 1.13. The number of ether oxygens (including phenoxy) is 1. The van der Waals surface area contributed by atoms with Crippen LogP contribution in [0.25, 0.3) is 0 Å².